The molecule has 0 aliphatic carbocycles. The maximum Gasteiger partial charge on any atom is 0.309 e. The average molecular weight is 218 g/mol. The zero-order chi connectivity index (χ0) is 11.7. The first-order valence-electron chi connectivity index (χ1n) is 5.42. The molecule has 90 valence electrons. The second-order valence-corrected chi connectivity index (χ2v) is 4.34. The molecule has 0 fully saturated rings. The van der Waals surface area contributed by atoms with E-state index in [9.17, 15) is 4.79 Å². The lowest BCUT2D eigenvalue weighted by Gasteiger charge is -2.18. The number of carbonyl (C=O) groups is 1. The number of hydrogen-bond acceptors (Lipinski definition) is 3. The number of carboxylic acids is 1. The van der Waals surface area contributed by atoms with Gasteiger partial charge in [-0.2, -0.15) is 0 Å². The van der Waals surface area contributed by atoms with E-state index in [1.54, 1.807) is 13.8 Å². The summed E-state index contributed by atoms with van der Waals surface area (Å²) in [6.45, 7) is 4.87. The molecule has 0 amide bonds. The molecule has 0 unspecified atom stereocenters. The van der Waals surface area contributed by atoms with Gasteiger partial charge in [0.2, 0.25) is 0 Å². The van der Waals surface area contributed by atoms with Gasteiger partial charge in [-0.1, -0.05) is 6.42 Å². The van der Waals surface area contributed by atoms with Crippen molar-refractivity contribution in [1.29, 1.82) is 0 Å². The molecule has 0 aliphatic heterocycles. The van der Waals surface area contributed by atoms with Crippen molar-refractivity contribution < 1.29 is 19.7 Å². The summed E-state index contributed by atoms with van der Waals surface area (Å²) in [5, 5.41) is 17.3. The normalized spacial score (nSPS) is 11.7. The Labute approximate surface area is 91.3 Å². The van der Waals surface area contributed by atoms with Crippen molar-refractivity contribution in [1.82, 2.24) is 0 Å². The minimum Gasteiger partial charge on any atom is -0.481 e. The van der Waals surface area contributed by atoms with Crippen LogP contribution in [0.25, 0.3) is 0 Å². The van der Waals surface area contributed by atoms with Gasteiger partial charge in [-0.25, -0.2) is 0 Å². The Bertz CT molecular complexity index is 177. The summed E-state index contributed by atoms with van der Waals surface area (Å²) in [6.07, 6.45) is 3.08. The highest BCUT2D eigenvalue weighted by molar-refractivity contribution is 5.73. The van der Waals surface area contributed by atoms with Crippen LogP contribution in [0.5, 0.6) is 0 Å². The first-order chi connectivity index (χ1) is 7.00. The number of aliphatic hydroxyl groups is 1. The van der Waals surface area contributed by atoms with Gasteiger partial charge < -0.3 is 14.9 Å². The monoisotopic (exact) mass is 218 g/mol. The van der Waals surface area contributed by atoms with Crippen molar-refractivity contribution in [2.45, 2.75) is 39.5 Å². The second kappa shape index (κ2) is 7.65. The van der Waals surface area contributed by atoms with Gasteiger partial charge in [0, 0.05) is 19.8 Å². The van der Waals surface area contributed by atoms with Crippen molar-refractivity contribution in [3.63, 3.8) is 0 Å². The highest BCUT2D eigenvalue weighted by Crippen LogP contribution is 2.23. The lowest BCUT2D eigenvalue weighted by molar-refractivity contribution is -0.147. The van der Waals surface area contributed by atoms with E-state index in [0.29, 0.717) is 26.1 Å². The topological polar surface area (TPSA) is 66.8 Å². The SMILES string of the molecule is CC(C)(CCCCOCCCO)C(=O)O. The second-order valence-electron chi connectivity index (χ2n) is 4.34. The van der Waals surface area contributed by atoms with Gasteiger partial charge in [-0.15, -0.1) is 0 Å². The van der Waals surface area contributed by atoms with Gasteiger partial charge in [0.25, 0.3) is 0 Å². The van der Waals surface area contributed by atoms with Crippen LogP contribution in [0.1, 0.15) is 39.5 Å². The minimum atomic E-state index is -0.747. The third-order valence-corrected chi connectivity index (χ3v) is 2.37. The predicted octanol–water partition coefficient (Wildman–Crippen LogP) is 1.67. The summed E-state index contributed by atoms with van der Waals surface area (Å²) in [4.78, 5) is 10.8. The summed E-state index contributed by atoms with van der Waals surface area (Å²) in [5.74, 6) is -0.747. The van der Waals surface area contributed by atoms with Gasteiger partial charge in [0.15, 0.2) is 0 Å². The van der Waals surface area contributed by atoms with Crippen LogP contribution in [-0.4, -0.2) is 36.0 Å². The Hall–Kier alpha value is -0.610. The standard InChI is InChI=1S/C11H22O4/c1-11(2,10(13)14)6-3-4-8-15-9-5-7-12/h12H,3-9H2,1-2H3,(H,13,14). The zero-order valence-corrected chi connectivity index (χ0v) is 9.66. The van der Waals surface area contributed by atoms with E-state index in [1.807, 2.05) is 0 Å². The first-order valence-corrected chi connectivity index (χ1v) is 5.42. The fraction of sp³-hybridized carbons (Fsp3) is 0.909. The Morgan fingerprint density at radius 3 is 2.33 bits per heavy atom. The third kappa shape index (κ3) is 7.33. The van der Waals surface area contributed by atoms with Gasteiger partial charge in [0.05, 0.1) is 5.41 Å². The number of unbranched alkanes of at least 4 members (excludes halogenated alkanes) is 1. The van der Waals surface area contributed by atoms with Crippen LogP contribution in [0.2, 0.25) is 0 Å². The molecule has 15 heavy (non-hydrogen) atoms. The fourth-order valence-corrected chi connectivity index (χ4v) is 1.15. The molecule has 0 aromatic heterocycles. The molecule has 0 heterocycles. The molecule has 2 N–H and O–H groups in total. The summed E-state index contributed by atoms with van der Waals surface area (Å²) in [5.41, 5.74) is -0.634. The molecule has 4 nitrogen and oxygen atoms in total. The summed E-state index contributed by atoms with van der Waals surface area (Å²) in [6, 6.07) is 0. The van der Waals surface area contributed by atoms with Crippen LogP contribution >= 0.6 is 0 Å². The Kier molecular flexibility index (Phi) is 7.34. The molecule has 0 aliphatic rings. The minimum absolute atomic E-state index is 0.159. The molecule has 0 bridgehead atoms. The molecule has 0 spiro atoms. The molecule has 0 rings (SSSR count). The highest BCUT2D eigenvalue weighted by Gasteiger charge is 2.25. The molecular formula is C11H22O4. The molecular weight excluding hydrogens is 196 g/mol. The van der Waals surface area contributed by atoms with E-state index in [4.69, 9.17) is 14.9 Å². The molecule has 0 saturated carbocycles. The third-order valence-electron chi connectivity index (χ3n) is 2.37. The number of aliphatic carboxylic acids is 1. The van der Waals surface area contributed by atoms with E-state index in [0.717, 1.165) is 12.8 Å². The van der Waals surface area contributed by atoms with E-state index in [-0.39, 0.29) is 6.61 Å². The van der Waals surface area contributed by atoms with Gasteiger partial charge in [0.1, 0.15) is 0 Å². The van der Waals surface area contributed by atoms with Crippen LogP contribution in [0, 0.1) is 5.41 Å². The average Bonchev–Trinajstić information content (AvgIpc) is 2.16. The number of aliphatic hydroxyl groups excluding tert-OH is 1. The number of rotatable bonds is 9. The maximum atomic E-state index is 10.8. The van der Waals surface area contributed by atoms with Crippen LogP contribution < -0.4 is 0 Å². The number of ether oxygens (including phenoxy) is 1. The van der Waals surface area contributed by atoms with Crippen LogP contribution in [0.3, 0.4) is 0 Å². The van der Waals surface area contributed by atoms with Gasteiger partial charge in [-0.3, -0.25) is 4.79 Å². The summed E-state index contributed by atoms with van der Waals surface area (Å²) < 4.78 is 5.24. The van der Waals surface area contributed by atoms with Crippen molar-refractivity contribution >= 4 is 5.97 Å². The summed E-state index contributed by atoms with van der Waals surface area (Å²) >= 11 is 0. The number of hydrogen-bond donors (Lipinski definition) is 2. The van der Waals surface area contributed by atoms with Crippen molar-refractivity contribution in [3.05, 3.63) is 0 Å². The van der Waals surface area contributed by atoms with Crippen LogP contribution in [-0.2, 0) is 9.53 Å². The van der Waals surface area contributed by atoms with E-state index in [1.165, 1.54) is 0 Å². The van der Waals surface area contributed by atoms with Gasteiger partial charge in [-0.05, 0) is 33.1 Å². The van der Waals surface area contributed by atoms with Crippen molar-refractivity contribution in [3.8, 4) is 0 Å². The van der Waals surface area contributed by atoms with Crippen molar-refractivity contribution in [2.75, 3.05) is 19.8 Å². The van der Waals surface area contributed by atoms with Crippen LogP contribution in [0.15, 0.2) is 0 Å². The van der Waals surface area contributed by atoms with Gasteiger partial charge >= 0.3 is 5.97 Å². The van der Waals surface area contributed by atoms with Crippen molar-refractivity contribution in [2.24, 2.45) is 5.41 Å². The molecule has 0 saturated heterocycles. The van der Waals surface area contributed by atoms with E-state index in [2.05, 4.69) is 0 Å². The molecule has 0 atom stereocenters. The van der Waals surface area contributed by atoms with Crippen LogP contribution in [0.4, 0.5) is 0 Å². The lowest BCUT2D eigenvalue weighted by atomic mass is 9.87. The predicted molar refractivity (Wildman–Crippen MR) is 57.8 cm³/mol. The fourth-order valence-electron chi connectivity index (χ4n) is 1.15. The quantitative estimate of drug-likeness (QED) is 0.578. The Balaban J connectivity index is 3.35. The lowest BCUT2D eigenvalue weighted by Crippen LogP contribution is -2.23. The first kappa shape index (κ1) is 14.4. The Morgan fingerprint density at radius 2 is 1.80 bits per heavy atom. The van der Waals surface area contributed by atoms with E-state index >= 15 is 0 Å². The molecule has 0 aromatic rings. The maximum absolute atomic E-state index is 10.8. The smallest absolute Gasteiger partial charge is 0.309 e. The molecule has 0 aromatic carbocycles. The largest absolute Gasteiger partial charge is 0.481 e. The summed E-state index contributed by atoms with van der Waals surface area (Å²) in [7, 11) is 0. The Morgan fingerprint density at radius 1 is 1.20 bits per heavy atom. The molecule has 4 heteroatoms. The zero-order valence-electron chi connectivity index (χ0n) is 9.66. The highest BCUT2D eigenvalue weighted by atomic mass is 16.5. The van der Waals surface area contributed by atoms with E-state index < -0.39 is 11.4 Å². The molecule has 0 radical (unpaired) electrons. The number of carboxylic acid groups (broad SMARTS) is 1.